The summed E-state index contributed by atoms with van der Waals surface area (Å²) in [4.78, 5) is 12.8. The molecule has 6 heteroatoms. The van der Waals surface area contributed by atoms with Crippen LogP contribution in [0.15, 0.2) is 0 Å². The van der Waals surface area contributed by atoms with E-state index in [4.69, 9.17) is 0 Å². The van der Waals surface area contributed by atoms with Crippen LogP contribution in [0.5, 0.6) is 0 Å². The average molecular weight is 220 g/mol. The van der Waals surface area contributed by atoms with Crippen LogP contribution in [0.3, 0.4) is 0 Å². The Balaban J connectivity index is 2.62. The SMILES string of the molecule is CC(=O)N1CCCN(S(C)(=O)=O)CC1. The summed E-state index contributed by atoms with van der Waals surface area (Å²) >= 11 is 0. The third-order valence-corrected chi connectivity index (χ3v) is 3.67. The summed E-state index contributed by atoms with van der Waals surface area (Å²) in [5, 5.41) is 0. The Kier molecular flexibility index (Phi) is 3.49. The van der Waals surface area contributed by atoms with Crippen LogP contribution in [-0.4, -0.2) is 56.0 Å². The molecule has 0 aromatic rings. The fourth-order valence-corrected chi connectivity index (χ4v) is 2.41. The minimum atomic E-state index is -3.10. The Bertz CT molecular complexity index is 313. The first-order chi connectivity index (χ1) is 6.41. The van der Waals surface area contributed by atoms with E-state index >= 15 is 0 Å². The molecule has 0 aliphatic carbocycles. The molecule has 1 aliphatic heterocycles. The molecule has 1 saturated heterocycles. The summed E-state index contributed by atoms with van der Waals surface area (Å²) in [6.07, 6.45) is 1.92. The third-order valence-electron chi connectivity index (χ3n) is 2.37. The molecule has 0 unspecified atom stereocenters. The van der Waals surface area contributed by atoms with Gasteiger partial charge in [-0.05, 0) is 6.42 Å². The zero-order valence-electron chi connectivity index (χ0n) is 8.56. The van der Waals surface area contributed by atoms with Crippen LogP contribution in [0.1, 0.15) is 13.3 Å². The van der Waals surface area contributed by atoms with Crippen molar-refractivity contribution in [2.24, 2.45) is 0 Å². The first kappa shape index (κ1) is 11.5. The predicted molar refractivity (Wildman–Crippen MR) is 53.3 cm³/mol. The van der Waals surface area contributed by atoms with E-state index in [0.29, 0.717) is 32.6 Å². The number of hydrogen-bond acceptors (Lipinski definition) is 3. The molecule has 0 saturated carbocycles. The highest BCUT2D eigenvalue weighted by atomic mass is 32.2. The molecule has 14 heavy (non-hydrogen) atoms. The molecule has 1 fully saturated rings. The lowest BCUT2D eigenvalue weighted by Gasteiger charge is -2.19. The van der Waals surface area contributed by atoms with Gasteiger partial charge in [0.05, 0.1) is 6.26 Å². The molecular formula is C8H16N2O3S. The fourth-order valence-electron chi connectivity index (χ4n) is 1.54. The molecular weight excluding hydrogens is 204 g/mol. The van der Waals surface area contributed by atoms with Crippen molar-refractivity contribution in [1.29, 1.82) is 0 Å². The van der Waals surface area contributed by atoms with Crippen molar-refractivity contribution in [3.63, 3.8) is 0 Å². The number of nitrogens with zero attached hydrogens (tertiary/aromatic N) is 2. The van der Waals surface area contributed by atoms with E-state index in [1.54, 1.807) is 4.90 Å². The topological polar surface area (TPSA) is 57.7 Å². The van der Waals surface area contributed by atoms with Crippen LogP contribution in [0.4, 0.5) is 0 Å². The summed E-state index contributed by atoms with van der Waals surface area (Å²) in [6, 6.07) is 0. The summed E-state index contributed by atoms with van der Waals surface area (Å²) in [7, 11) is -3.10. The Hall–Kier alpha value is -0.620. The lowest BCUT2D eigenvalue weighted by atomic mass is 10.4. The van der Waals surface area contributed by atoms with Crippen LogP contribution >= 0.6 is 0 Å². The van der Waals surface area contributed by atoms with E-state index < -0.39 is 10.0 Å². The number of amides is 1. The van der Waals surface area contributed by atoms with Crippen molar-refractivity contribution in [3.8, 4) is 0 Å². The van der Waals surface area contributed by atoms with Gasteiger partial charge in [-0.2, -0.15) is 0 Å². The normalized spacial score (nSPS) is 20.6. The average Bonchev–Trinajstić information content (AvgIpc) is 2.26. The van der Waals surface area contributed by atoms with Gasteiger partial charge in [0, 0.05) is 33.1 Å². The molecule has 1 heterocycles. The minimum Gasteiger partial charge on any atom is -0.342 e. The standard InChI is InChI=1S/C8H16N2O3S/c1-8(11)9-4-3-5-10(7-6-9)14(2,12)13/h3-7H2,1-2H3. The predicted octanol–water partition coefficient (Wildman–Crippen LogP) is -0.500. The summed E-state index contributed by atoms with van der Waals surface area (Å²) in [5.41, 5.74) is 0. The molecule has 1 rings (SSSR count). The van der Waals surface area contributed by atoms with Gasteiger partial charge in [-0.25, -0.2) is 12.7 Å². The van der Waals surface area contributed by atoms with Crippen LogP contribution in [0.2, 0.25) is 0 Å². The van der Waals surface area contributed by atoms with Crippen molar-refractivity contribution < 1.29 is 13.2 Å². The van der Waals surface area contributed by atoms with Gasteiger partial charge in [-0.15, -0.1) is 0 Å². The van der Waals surface area contributed by atoms with E-state index in [0.717, 1.165) is 0 Å². The van der Waals surface area contributed by atoms with E-state index in [1.807, 2.05) is 0 Å². The zero-order chi connectivity index (χ0) is 10.8. The molecule has 0 bridgehead atoms. The van der Waals surface area contributed by atoms with Crippen molar-refractivity contribution in [3.05, 3.63) is 0 Å². The molecule has 0 aromatic heterocycles. The fraction of sp³-hybridized carbons (Fsp3) is 0.875. The number of sulfonamides is 1. The molecule has 0 aromatic carbocycles. The molecule has 5 nitrogen and oxygen atoms in total. The van der Waals surface area contributed by atoms with Gasteiger partial charge in [0.15, 0.2) is 0 Å². The highest BCUT2D eigenvalue weighted by Crippen LogP contribution is 2.06. The molecule has 0 spiro atoms. The smallest absolute Gasteiger partial charge is 0.219 e. The lowest BCUT2D eigenvalue weighted by molar-refractivity contribution is -0.128. The maximum Gasteiger partial charge on any atom is 0.219 e. The van der Waals surface area contributed by atoms with Crippen LogP contribution in [0, 0.1) is 0 Å². The van der Waals surface area contributed by atoms with Crippen LogP contribution < -0.4 is 0 Å². The summed E-state index contributed by atoms with van der Waals surface area (Å²) < 4.78 is 23.9. The first-order valence-corrected chi connectivity index (χ1v) is 6.47. The van der Waals surface area contributed by atoms with Gasteiger partial charge in [0.25, 0.3) is 0 Å². The molecule has 0 radical (unpaired) electrons. The maximum absolute atomic E-state index is 11.2. The van der Waals surface area contributed by atoms with Gasteiger partial charge in [0.2, 0.25) is 15.9 Å². The highest BCUT2D eigenvalue weighted by molar-refractivity contribution is 7.88. The second-order valence-electron chi connectivity index (χ2n) is 3.52. The molecule has 1 amide bonds. The zero-order valence-corrected chi connectivity index (χ0v) is 9.38. The Morgan fingerprint density at radius 1 is 1.14 bits per heavy atom. The van der Waals surface area contributed by atoms with Gasteiger partial charge in [-0.3, -0.25) is 4.79 Å². The van der Waals surface area contributed by atoms with Gasteiger partial charge < -0.3 is 4.90 Å². The first-order valence-electron chi connectivity index (χ1n) is 4.62. The van der Waals surface area contributed by atoms with Gasteiger partial charge >= 0.3 is 0 Å². The molecule has 0 atom stereocenters. The highest BCUT2D eigenvalue weighted by Gasteiger charge is 2.21. The second kappa shape index (κ2) is 4.27. The monoisotopic (exact) mass is 220 g/mol. The number of carbonyl (C=O) groups excluding carboxylic acids is 1. The van der Waals surface area contributed by atoms with Crippen LogP contribution in [0.25, 0.3) is 0 Å². The van der Waals surface area contributed by atoms with Crippen molar-refractivity contribution >= 4 is 15.9 Å². The van der Waals surface area contributed by atoms with E-state index in [9.17, 15) is 13.2 Å². The summed E-state index contributed by atoms with van der Waals surface area (Å²) in [6.45, 7) is 3.60. The molecule has 82 valence electrons. The largest absolute Gasteiger partial charge is 0.342 e. The van der Waals surface area contributed by atoms with E-state index in [2.05, 4.69) is 0 Å². The molecule has 0 N–H and O–H groups in total. The van der Waals surface area contributed by atoms with Gasteiger partial charge in [0.1, 0.15) is 0 Å². The Labute approximate surface area is 84.7 Å². The Morgan fingerprint density at radius 2 is 1.79 bits per heavy atom. The molecule has 1 aliphatic rings. The maximum atomic E-state index is 11.2. The minimum absolute atomic E-state index is 0.0142. The second-order valence-corrected chi connectivity index (χ2v) is 5.50. The number of rotatable bonds is 1. The quantitative estimate of drug-likeness (QED) is 0.598. The van der Waals surface area contributed by atoms with Crippen molar-refractivity contribution in [2.75, 3.05) is 32.4 Å². The third kappa shape index (κ3) is 2.95. The number of hydrogen-bond donors (Lipinski definition) is 0. The van der Waals surface area contributed by atoms with Crippen molar-refractivity contribution in [1.82, 2.24) is 9.21 Å². The summed E-state index contributed by atoms with van der Waals surface area (Å²) in [5.74, 6) is 0.0142. The van der Waals surface area contributed by atoms with Crippen molar-refractivity contribution in [2.45, 2.75) is 13.3 Å². The van der Waals surface area contributed by atoms with Crippen LogP contribution in [-0.2, 0) is 14.8 Å². The van der Waals surface area contributed by atoms with E-state index in [1.165, 1.54) is 17.5 Å². The Morgan fingerprint density at radius 3 is 2.29 bits per heavy atom. The van der Waals surface area contributed by atoms with Gasteiger partial charge in [-0.1, -0.05) is 0 Å². The number of carbonyl (C=O) groups is 1. The van der Waals surface area contributed by atoms with E-state index in [-0.39, 0.29) is 5.91 Å². The lowest BCUT2D eigenvalue weighted by Crippen LogP contribution is -2.35.